The van der Waals surface area contributed by atoms with Gasteiger partial charge in [0.05, 0.1) is 0 Å². The Hall–Kier alpha value is -3.80. The fraction of sp³-hybridized carbons (Fsp3) is 0.276. The number of pyridine rings is 1. The van der Waals surface area contributed by atoms with E-state index in [-0.39, 0.29) is 11.7 Å². The highest BCUT2D eigenvalue weighted by molar-refractivity contribution is 5.94. The minimum Gasteiger partial charge on any atom is -0.339 e. The van der Waals surface area contributed by atoms with Crippen LogP contribution in [0.1, 0.15) is 57.5 Å². The Balaban J connectivity index is 1.20. The summed E-state index contributed by atoms with van der Waals surface area (Å²) in [6.45, 7) is 4.12. The molecule has 2 aromatic carbocycles. The molecule has 35 heavy (non-hydrogen) atoms. The first kappa shape index (κ1) is 23.0. The van der Waals surface area contributed by atoms with Gasteiger partial charge in [0, 0.05) is 61.3 Å². The number of carbonyl (C=O) groups excluding carboxylic acids is 1. The van der Waals surface area contributed by atoms with Crippen molar-refractivity contribution in [3.05, 3.63) is 119 Å². The number of imidazole rings is 1. The topological polar surface area (TPSA) is 51.0 Å². The molecule has 2 aromatic heterocycles. The lowest BCUT2D eigenvalue weighted by Gasteiger charge is -2.32. The van der Waals surface area contributed by atoms with Gasteiger partial charge < -0.3 is 9.47 Å². The van der Waals surface area contributed by atoms with Crippen molar-refractivity contribution in [2.24, 2.45) is 0 Å². The van der Waals surface area contributed by atoms with Crippen LogP contribution in [0, 0.1) is 12.7 Å². The molecule has 1 aliphatic heterocycles. The van der Waals surface area contributed by atoms with Crippen LogP contribution in [-0.4, -0.2) is 38.4 Å². The number of carbonyl (C=O) groups is 1. The third-order valence-electron chi connectivity index (χ3n) is 6.78. The van der Waals surface area contributed by atoms with Gasteiger partial charge in [-0.05, 0) is 67.3 Å². The first-order chi connectivity index (χ1) is 17.0. The van der Waals surface area contributed by atoms with Crippen molar-refractivity contribution in [1.29, 1.82) is 0 Å². The maximum Gasteiger partial charge on any atom is 0.253 e. The zero-order chi connectivity index (χ0) is 24.2. The van der Waals surface area contributed by atoms with Gasteiger partial charge in [0.15, 0.2) is 0 Å². The number of hydrogen-bond donors (Lipinski definition) is 0. The number of aryl methyl sites for hydroxylation is 1. The lowest BCUT2D eigenvalue weighted by Crippen LogP contribution is -2.38. The van der Waals surface area contributed by atoms with Crippen molar-refractivity contribution in [3.8, 4) is 0 Å². The van der Waals surface area contributed by atoms with E-state index in [1.165, 1.54) is 12.1 Å². The van der Waals surface area contributed by atoms with Gasteiger partial charge in [-0.1, -0.05) is 30.3 Å². The zero-order valence-electron chi connectivity index (χ0n) is 19.9. The smallest absolute Gasteiger partial charge is 0.253 e. The monoisotopic (exact) mass is 468 g/mol. The summed E-state index contributed by atoms with van der Waals surface area (Å²) in [4.78, 5) is 24.3. The first-order valence-corrected chi connectivity index (χ1v) is 12.1. The molecule has 0 unspecified atom stereocenters. The molecule has 0 spiro atoms. The van der Waals surface area contributed by atoms with Gasteiger partial charge in [0.25, 0.3) is 5.91 Å². The molecule has 1 fully saturated rings. The van der Waals surface area contributed by atoms with Gasteiger partial charge >= 0.3 is 0 Å². The normalized spacial score (nSPS) is 14.3. The average molecular weight is 469 g/mol. The van der Waals surface area contributed by atoms with Crippen molar-refractivity contribution in [2.45, 2.75) is 38.6 Å². The van der Waals surface area contributed by atoms with Crippen molar-refractivity contribution in [1.82, 2.24) is 19.4 Å². The third kappa shape index (κ3) is 5.48. The maximum absolute atomic E-state index is 13.2. The number of rotatable bonds is 6. The number of piperidine rings is 1. The first-order valence-electron chi connectivity index (χ1n) is 12.1. The predicted octanol–water partition coefficient (Wildman–Crippen LogP) is 5.38. The SMILES string of the molecule is Cc1nccn1Cc1cccc(C(=O)N2CCC(c3cccc(Cc4ccc(F)cc4)n3)CC2)c1. The van der Waals surface area contributed by atoms with Crippen LogP contribution >= 0.6 is 0 Å². The fourth-order valence-corrected chi connectivity index (χ4v) is 4.77. The van der Waals surface area contributed by atoms with Crippen LogP contribution in [0.4, 0.5) is 4.39 Å². The number of amides is 1. The molecule has 6 heteroatoms. The summed E-state index contributed by atoms with van der Waals surface area (Å²) >= 11 is 0. The maximum atomic E-state index is 13.2. The molecule has 0 saturated carbocycles. The second kappa shape index (κ2) is 10.2. The van der Waals surface area contributed by atoms with E-state index < -0.39 is 0 Å². The lowest BCUT2D eigenvalue weighted by molar-refractivity contribution is 0.0712. The van der Waals surface area contributed by atoms with Gasteiger partial charge in [0.1, 0.15) is 11.6 Å². The molecule has 0 aliphatic carbocycles. The fourth-order valence-electron chi connectivity index (χ4n) is 4.77. The Kier molecular flexibility index (Phi) is 6.70. The molecule has 0 radical (unpaired) electrons. The van der Waals surface area contributed by atoms with Crippen LogP contribution < -0.4 is 0 Å². The molecule has 5 rings (SSSR count). The molecule has 5 nitrogen and oxygen atoms in total. The molecule has 0 atom stereocenters. The van der Waals surface area contributed by atoms with Gasteiger partial charge in [-0.25, -0.2) is 9.37 Å². The third-order valence-corrected chi connectivity index (χ3v) is 6.78. The molecule has 1 amide bonds. The van der Waals surface area contributed by atoms with Crippen molar-refractivity contribution in [3.63, 3.8) is 0 Å². The highest BCUT2D eigenvalue weighted by atomic mass is 19.1. The second-order valence-electron chi connectivity index (χ2n) is 9.23. The van der Waals surface area contributed by atoms with Gasteiger partial charge in [-0.2, -0.15) is 0 Å². The van der Waals surface area contributed by atoms with E-state index in [0.717, 1.165) is 59.8 Å². The minimum absolute atomic E-state index is 0.0886. The molecule has 0 N–H and O–H groups in total. The van der Waals surface area contributed by atoms with Crippen molar-refractivity contribution >= 4 is 5.91 Å². The van der Waals surface area contributed by atoms with E-state index >= 15 is 0 Å². The number of hydrogen-bond acceptors (Lipinski definition) is 3. The summed E-state index contributed by atoms with van der Waals surface area (Å²) in [7, 11) is 0. The van der Waals surface area contributed by atoms with Crippen LogP contribution in [0.5, 0.6) is 0 Å². The summed E-state index contributed by atoms with van der Waals surface area (Å²) in [5, 5.41) is 0. The number of halogens is 1. The van der Waals surface area contributed by atoms with Gasteiger partial charge in [-0.15, -0.1) is 0 Å². The minimum atomic E-state index is -0.225. The summed E-state index contributed by atoms with van der Waals surface area (Å²) in [5.41, 5.74) is 4.93. The van der Waals surface area contributed by atoms with Crippen LogP contribution in [0.25, 0.3) is 0 Å². The van der Waals surface area contributed by atoms with Crippen molar-refractivity contribution < 1.29 is 9.18 Å². The molecular weight excluding hydrogens is 439 g/mol. The van der Waals surface area contributed by atoms with Gasteiger partial charge in [0.2, 0.25) is 0 Å². The standard InChI is InChI=1S/C29H29FN4O/c1-21-31-14-17-34(21)20-23-4-2-5-25(18-23)29(35)33-15-12-24(13-16-33)28-7-3-6-27(32-28)19-22-8-10-26(30)11-9-22/h2-11,14,17-18,24H,12-13,15-16,19-20H2,1H3. The quantitative estimate of drug-likeness (QED) is 0.382. The second-order valence-corrected chi connectivity index (χ2v) is 9.23. The van der Waals surface area contributed by atoms with E-state index in [2.05, 4.69) is 15.6 Å². The highest BCUT2D eigenvalue weighted by Gasteiger charge is 2.25. The van der Waals surface area contributed by atoms with E-state index in [1.807, 2.05) is 54.4 Å². The molecule has 0 bridgehead atoms. The van der Waals surface area contributed by atoms with Crippen LogP contribution in [0.2, 0.25) is 0 Å². The molecule has 3 heterocycles. The molecular formula is C29H29FN4O. The summed E-state index contributed by atoms with van der Waals surface area (Å²) in [6.07, 6.45) is 6.22. The molecule has 178 valence electrons. The zero-order valence-corrected chi connectivity index (χ0v) is 19.9. The lowest BCUT2D eigenvalue weighted by atomic mass is 9.92. The Morgan fingerprint density at radius 1 is 1.00 bits per heavy atom. The Morgan fingerprint density at radius 2 is 1.77 bits per heavy atom. The summed E-state index contributed by atoms with van der Waals surface area (Å²) in [5.74, 6) is 1.16. The average Bonchev–Trinajstić information content (AvgIpc) is 3.29. The van der Waals surface area contributed by atoms with Gasteiger partial charge in [-0.3, -0.25) is 9.78 Å². The molecule has 1 saturated heterocycles. The number of nitrogens with zero attached hydrogens (tertiary/aromatic N) is 4. The number of aromatic nitrogens is 3. The Labute approximate surface area is 205 Å². The number of benzene rings is 2. The Bertz CT molecular complexity index is 1310. The highest BCUT2D eigenvalue weighted by Crippen LogP contribution is 2.28. The largest absolute Gasteiger partial charge is 0.339 e. The summed E-state index contributed by atoms with van der Waals surface area (Å²) in [6, 6.07) is 20.6. The van der Waals surface area contributed by atoms with E-state index in [1.54, 1.807) is 18.3 Å². The molecule has 1 aliphatic rings. The number of likely N-dealkylation sites (tertiary alicyclic amines) is 1. The predicted molar refractivity (Wildman–Crippen MR) is 134 cm³/mol. The molecule has 4 aromatic rings. The van der Waals surface area contributed by atoms with Crippen molar-refractivity contribution in [2.75, 3.05) is 13.1 Å². The van der Waals surface area contributed by atoms with E-state index in [0.29, 0.717) is 18.9 Å². The van der Waals surface area contributed by atoms with Crippen LogP contribution in [0.15, 0.2) is 79.1 Å². The van der Waals surface area contributed by atoms with E-state index in [9.17, 15) is 9.18 Å². The summed E-state index contributed by atoms with van der Waals surface area (Å²) < 4.78 is 15.3. The van der Waals surface area contributed by atoms with Crippen LogP contribution in [-0.2, 0) is 13.0 Å². The Morgan fingerprint density at radius 3 is 2.51 bits per heavy atom. The van der Waals surface area contributed by atoms with Crippen LogP contribution in [0.3, 0.4) is 0 Å². The van der Waals surface area contributed by atoms with E-state index in [4.69, 9.17) is 4.98 Å².